The Bertz CT molecular complexity index is 1090. The van der Waals surface area contributed by atoms with Crippen LogP contribution in [0.25, 0.3) is 10.9 Å². The number of nitrogens with one attached hydrogen (secondary N) is 1. The van der Waals surface area contributed by atoms with Gasteiger partial charge in [0.1, 0.15) is 11.5 Å². The molecule has 5 rings (SSSR count). The zero-order valence-corrected chi connectivity index (χ0v) is 13.1. The molecule has 0 saturated carbocycles. The predicted octanol–water partition coefficient (Wildman–Crippen LogP) is 2.32. The Morgan fingerprint density at radius 3 is 2.76 bits per heavy atom. The van der Waals surface area contributed by atoms with Crippen LogP contribution in [0.5, 0.6) is 0 Å². The predicted molar refractivity (Wildman–Crippen MR) is 90.7 cm³/mol. The summed E-state index contributed by atoms with van der Waals surface area (Å²) in [6.45, 7) is 0. The third kappa shape index (κ3) is 1.85. The molecule has 1 atom stereocenters. The van der Waals surface area contributed by atoms with Gasteiger partial charge in [0.2, 0.25) is 5.91 Å². The Labute approximate surface area is 142 Å². The number of aromatic nitrogens is 2. The molecule has 1 amide bonds. The van der Waals surface area contributed by atoms with Gasteiger partial charge in [0.25, 0.3) is 0 Å². The summed E-state index contributed by atoms with van der Waals surface area (Å²) in [6, 6.07) is 11.0. The monoisotopic (exact) mass is 331 g/mol. The van der Waals surface area contributed by atoms with E-state index in [2.05, 4.69) is 15.3 Å². The number of amides is 1. The number of carboxylic acid groups (broad SMARTS) is 1. The van der Waals surface area contributed by atoms with Crippen LogP contribution >= 0.6 is 0 Å². The third-order valence-corrected chi connectivity index (χ3v) is 5.20. The van der Waals surface area contributed by atoms with Gasteiger partial charge >= 0.3 is 5.97 Å². The van der Waals surface area contributed by atoms with E-state index in [1.807, 2.05) is 24.3 Å². The second-order valence-electron chi connectivity index (χ2n) is 6.60. The van der Waals surface area contributed by atoms with Gasteiger partial charge in [0, 0.05) is 17.1 Å². The average Bonchev–Trinajstić information content (AvgIpc) is 3.10. The van der Waals surface area contributed by atoms with Crippen molar-refractivity contribution in [3.63, 3.8) is 0 Å². The van der Waals surface area contributed by atoms with Gasteiger partial charge in [-0.2, -0.15) is 0 Å². The van der Waals surface area contributed by atoms with Crippen LogP contribution in [0.3, 0.4) is 0 Å². The summed E-state index contributed by atoms with van der Waals surface area (Å²) in [4.78, 5) is 32.3. The van der Waals surface area contributed by atoms with Crippen LogP contribution in [-0.2, 0) is 23.1 Å². The lowest BCUT2D eigenvalue weighted by Gasteiger charge is -2.20. The number of carbonyl (C=O) groups excluding carboxylic acids is 1. The molecule has 2 aliphatic rings. The SMILES string of the molecule is O=C(O)c1ccc2cc3c(cc2n1)C[C@]1(C3)C(=O)Nc2ncccc21. The summed E-state index contributed by atoms with van der Waals surface area (Å²) in [7, 11) is 0. The van der Waals surface area contributed by atoms with Crippen LogP contribution in [0.2, 0.25) is 0 Å². The Balaban J connectivity index is 1.66. The maximum atomic E-state index is 12.7. The van der Waals surface area contributed by atoms with Gasteiger partial charge in [-0.3, -0.25) is 4.79 Å². The molecule has 25 heavy (non-hydrogen) atoms. The Kier molecular flexibility index (Phi) is 2.61. The molecule has 3 aromatic rings. The summed E-state index contributed by atoms with van der Waals surface area (Å²) in [5.41, 5.74) is 3.10. The largest absolute Gasteiger partial charge is 0.477 e. The van der Waals surface area contributed by atoms with Crippen LogP contribution in [0.1, 0.15) is 27.2 Å². The first kappa shape index (κ1) is 14.1. The molecule has 0 saturated heterocycles. The summed E-state index contributed by atoms with van der Waals surface area (Å²) >= 11 is 0. The number of rotatable bonds is 1. The minimum Gasteiger partial charge on any atom is -0.477 e. The van der Waals surface area contributed by atoms with Crippen molar-refractivity contribution in [2.24, 2.45) is 0 Å². The van der Waals surface area contributed by atoms with Crippen molar-refractivity contribution < 1.29 is 14.7 Å². The highest BCUT2D eigenvalue weighted by Crippen LogP contribution is 2.47. The topological polar surface area (TPSA) is 92.2 Å². The van der Waals surface area contributed by atoms with Crippen molar-refractivity contribution in [3.8, 4) is 0 Å². The molecule has 122 valence electrons. The van der Waals surface area contributed by atoms with Gasteiger partial charge < -0.3 is 10.4 Å². The summed E-state index contributed by atoms with van der Waals surface area (Å²) in [5.74, 6) is -0.439. The van der Waals surface area contributed by atoms with E-state index >= 15 is 0 Å². The van der Waals surface area contributed by atoms with Crippen molar-refractivity contribution in [1.29, 1.82) is 0 Å². The molecule has 0 fully saturated rings. The fourth-order valence-electron chi connectivity index (χ4n) is 4.01. The molecular formula is C19H13N3O3. The van der Waals surface area contributed by atoms with Crippen LogP contribution < -0.4 is 5.32 Å². The van der Waals surface area contributed by atoms with E-state index in [1.165, 1.54) is 6.07 Å². The lowest BCUT2D eigenvalue weighted by molar-refractivity contribution is -0.120. The maximum absolute atomic E-state index is 12.7. The van der Waals surface area contributed by atoms with E-state index in [-0.39, 0.29) is 11.6 Å². The number of carboxylic acids is 1. The highest BCUT2D eigenvalue weighted by atomic mass is 16.4. The van der Waals surface area contributed by atoms with E-state index in [4.69, 9.17) is 5.11 Å². The van der Waals surface area contributed by atoms with Gasteiger partial charge in [-0.15, -0.1) is 0 Å². The number of carbonyl (C=O) groups is 2. The third-order valence-electron chi connectivity index (χ3n) is 5.20. The highest BCUT2D eigenvalue weighted by molar-refractivity contribution is 6.06. The first-order valence-electron chi connectivity index (χ1n) is 8.00. The van der Waals surface area contributed by atoms with E-state index in [9.17, 15) is 9.59 Å². The molecule has 1 aliphatic heterocycles. The smallest absolute Gasteiger partial charge is 0.354 e. The van der Waals surface area contributed by atoms with Crippen molar-refractivity contribution in [2.45, 2.75) is 18.3 Å². The zero-order chi connectivity index (χ0) is 17.2. The minimum atomic E-state index is -1.05. The molecule has 2 N–H and O–H groups in total. The number of nitrogens with zero attached hydrogens (tertiary/aromatic N) is 2. The fourth-order valence-corrected chi connectivity index (χ4v) is 4.01. The van der Waals surface area contributed by atoms with E-state index in [0.29, 0.717) is 24.2 Å². The normalized spacial score (nSPS) is 20.6. The molecule has 6 nitrogen and oxygen atoms in total. The van der Waals surface area contributed by atoms with Crippen molar-refractivity contribution >= 4 is 28.6 Å². The first-order valence-corrected chi connectivity index (χ1v) is 8.00. The number of hydrogen-bond donors (Lipinski definition) is 2. The molecule has 0 bridgehead atoms. The minimum absolute atomic E-state index is 0.0216. The van der Waals surface area contributed by atoms with Crippen LogP contribution in [0.15, 0.2) is 42.6 Å². The summed E-state index contributed by atoms with van der Waals surface area (Å²) < 4.78 is 0. The Morgan fingerprint density at radius 1 is 1.16 bits per heavy atom. The van der Waals surface area contributed by atoms with E-state index in [1.54, 1.807) is 12.3 Å². The molecule has 2 aromatic heterocycles. The Hall–Kier alpha value is -3.28. The number of fused-ring (bicyclic) bond motifs is 4. The molecule has 1 spiro atoms. The molecule has 1 aliphatic carbocycles. The van der Waals surface area contributed by atoms with E-state index < -0.39 is 11.4 Å². The van der Waals surface area contributed by atoms with Gasteiger partial charge in [0.05, 0.1) is 10.9 Å². The second-order valence-corrected chi connectivity index (χ2v) is 6.60. The van der Waals surface area contributed by atoms with Crippen LogP contribution in [0, 0.1) is 0 Å². The fraction of sp³-hybridized carbons (Fsp3) is 0.158. The second kappa shape index (κ2) is 4.63. The molecule has 3 heterocycles. The number of hydrogen-bond acceptors (Lipinski definition) is 4. The van der Waals surface area contributed by atoms with Gasteiger partial charge in [-0.25, -0.2) is 14.8 Å². The van der Waals surface area contributed by atoms with Crippen molar-refractivity contribution in [2.75, 3.05) is 5.32 Å². The first-order chi connectivity index (χ1) is 12.1. The Morgan fingerprint density at radius 2 is 1.96 bits per heavy atom. The molecule has 0 radical (unpaired) electrons. The van der Waals surface area contributed by atoms with Crippen molar-refractivity contribution in [1.82, 2.24) is 9.97 Å². The van der Waals surface area contributed by atoms with Gasteiger partial charge in [0.15, 0.2) is 0 Å². The number of anilines is 1. The van der Waals surface area contributed by atoms with Crippen LogP contribution in [0.4, 0.5) is 5.82 Å². The lowest BCUT2D eigenvalue weighted by Crippen LogP contribution is -2.35. The summed E-state index contributed by atoms with van der Waals surface area (Å²) in [6.07, 6.45) is 2.86. The van der Waals surface area contributed by atoms with Gasteiger partial charge in [-0.1, -0.05) is 12.1 Å². The zero-order valence-electron chi connectivity index (χ0n) is 13.1. The highest BCUT2D eigenvalue weighted by Gasteiger charge is 2.51. The van der Waals surface area contributed by atoms with E-state index in [0.717, 1.165) is 22.1 Å². The quantitative estimate of drug-likeness (QED) is 0.714. The lowest BCUT2D eigenvalue weighted by atomic mass is 9.79. The molecule has 1 aromatic carbocycles. The van der Waals surface area contributed by atoms with Crippen molar-refractivity contribution in [3.05, 3.63) is 65.0 Å². The molecule has 6 heteroatoms. The molecular weight excluding hydrogens is 318 g/mol. The van der Waals surface area contributed by atoms with Crippen LogP contribution in [-0.4, -0.2) is 27.0 Å². The average molecular weight is 331 g/mol. The molecule has 0 unspecified atom stereocenters. The standard InChI is InChI=1S/C19H13N3O3/c23-17(24)14-4-3-10-6-11-8-19(9-12(11)7-15(10)21-14)13-2-1-5-20-16(13)22-18(19)25/h1-7H,8-9H2,(H,23,24)(H,20,22,25)/t19-/m0/s1. The summed E-state index contributed by atoms with van der Waals surface area (Å²) in [5, 5.41) is 12.9. The number of benzene rings is 1. The number of pyridine rings is 2. The van der Waals surface area contributed by atoms with Gasteiger partial charge in [-0.05, 0) is 48.2 Å². The maximum Gasteiger partial charge on any atom is 0.354 e. The number of aromatic carboxylic acids is 1.